The van der Waals surface area contributed by atoms with Crippen molar-refractivity contribution in [3.05, 3.63) is 57.6 Å². The van der Waals surface area contributed by atoms with Gasteiger partial charge in [0, 0.05) is 5.41 Å². The zero-order valence-corrected chi connectivity index (χ0v) is 23.8. The van der Waals surface area contributed by atoms with E-state index < -0.39 is 5.41 Å². The van der Waals surface area contributed by atoms with E-state index in [9.17, 15) is 20.7 Å². The molecule has 0 bridgehead atoms. The Morgan fingerprint density at radius 2 is 1.05 bits per heavy atom. The van der Waals surface area contributed by atoms with Gasteiger partial charge in [-0.3, -0.25) is 0 Å². The molecule has 2 N–H and O–H groups in total. The van der Waals surface area contributed by atoms with Crippen LogP contribution in [0.25, 0.3) is 0 Å². The molecule has 208 valence electrons. The zero-order valence-electron chi connectivity index (χ0n) is 23.8. The number of phenolic OH excluding ortho intramolecular Hbond substituents is 2. The predicted octanol–water partition coefficient (Wildman–Crippen LogP) is 6.94. The molecule has 7 rings (SSSR count). The van der Waals surface area contributed by atoms with Crippen molar-refractivity contribution in [1.82, 2.24) is 0 Å². The SMILES string of the molecule is CC1Oc2c(C#N)c3c(c(C#N)c2OC1C)Oc1cc2c(cc1O3)C(C)(C)CC21CC(C)(C)c2cc(O)c(O)cc21. The standard InChI is InChI=1S/C33H30N2O6/c1-15-16(2)39-28-18(12-35)30-29(17(11-34)27(28)38-15)40-25-9-20-22(10-26(25)41-30)33(14-32(20,5)6)13-31(3,4)19-7-23(36)24(37)8-21(19)33/h7-10,15-16,36-37H,13-14H2,1-6H3. The van der Waals surface area contributed by atoms with Crippen LogP contribution in [0.3, 0.4) is 0 Å². The minimum Gasteiger partial charge on any atom is -0.504 e. The summed E-state index contributed by atoms with van der Waals surface area (Å²) in [4.78, 5) is 0. The van der Waals surface area contributed by atoms with Crippen LogP contribution >= 0.6 is 0 Å². The average molecular weight is 551 g/mol. The maximum atomic E-state index is 10.5. The monoisotopic (exact) mass is 550 g/mol. The van der Waals surface area contributed by atoms with Gasteiger partial charge in [-0.15, -0.1) is 0 Å². The number of ether oxygens (including phenoxy) is 4. The molecule has 1 spiro atoms. The first kappa shape index (κ1) is 25.4. The topological polar surface area (TPSA) is 125 Å². The third-order valence-electron chi connectivity index (χ3n) is 9.41. The Bertz CT molecular complexity index is 1790. The van der Waals surface area contributed by atoms with Crippen LogP contribution < -0.4 is 18.9 Å². The molecule has 8 nitrogen and oxygen atoms in total. The summed E-state index contributed by atoms with van der Waals surface area (Å²) in [7, 11) is 0. The highest BCUT2D eigenvalue weighted by Gasteiger charge is 2.57. The summed E-state index contributed by atoms with van der Waals surface area (Å²) in [6.07, 6.45) is 0.908. The number of nitriles is 2. The summed E-state index contributed by atoms with van der Waals surface area (Å²) >= 11 is 0. The van der Waals surface area contributed by atoms with Crippen molar-refractivity contribution < 1.29 is 29.2 Å². The van der Waals surface area contributed by atoms with Crippen LogP contribution in [0.2, 0.25) is 0 Å². The molecule has 3 aromatic rings. The Hall–Kier alpha value is -4.56. The minimum atomic E-state index is -0.435. The molecule has 8 heteroatoms. The van der Waals surface area contributed by atoms with Gasteiger partial charge in [-0.25, -0.2) is 0 Å². The van der Waals surface area contributed by atoms with E-state index >= 15 is 0 Å². The fraction of sp³-hybridized carbons (Fsp3) is 0.394. The molecule has 2 heterocycles. The van der Waals surface area contributed by atoms with Crippen LogP contribution in [0.4, 0.5) is 0 Å². The van der Waals surface area contributed by atoms with E-state index in [2.05, 4.69) is 39.8 Å². The van der Waals surface area contributed by atoms with Gasteiger partial charge in [0.15, 0.2) is 46.0 Å². The van der Waals surface area contributed by atoms with Crippen LogP contribution in [0.5, 0.6) is 46.0 Å². The fourth-order valence-corrected chi connectivity index (χ4v) is 7.56. The maximum Gasteiger partial charge on any atom is 0.193 e. The highest BCUT2D eigenvalue weighted by molar-refractivity contribution is 5.77. The van der Waals surface area contributed by atoms with E-state index in [1.165, 1.54) is 0 Å². The zero-order chi connectivity index (χ0) is 29.2. The smallest absolute Gasteiger partial charge is 0.193 e. The van der Waals surface area contributed by atoms with Crippen LogP contribution in [-0.2, 0) is 16.2 Å². The van der Waals surface area contributed by atoms with Gasteiger partial charge in [0.2, 0.25) is 0 Å². The number of aromatic hydroxyl groups is 2. The van der Waals surface area contributed by atoms with E-state index in [0.717, 1.165) is 35.1 Å². The quantitative estimate of drug-likeness (QED) is 0.226. The Labute approximate surface area is 238 Å². The summed E-state index contributed by atoms with van der Waals surface area (Å²) in [6.45, 7) is 12.4. The molecule has 0 radical (unpaired) electrons. The molecule has 0 saturated carbocycles. The Morgan fingerprint density at radius 3 is 1.51 bits per heavy atom. The van der Waals surface area contributed by atoms with Gasteiger partial charge in [-0.1, -0.05) is 27.7 Å². The fourth-order valence-electron chi connectivity index (χ4n) is 7.56. The van der Waals surface area contributed by atoms with Crippen LogP contribution in [0, 0.1) is 22.7 Å². The normalized spacial score (nSPS) is 25.1. The molecule has 2 aliphatic heterocycles. The molecular weight excluding hydrogens is 520 g/mol. The van der Waals surface area contributed by atoms with E-state index in [0.29, 0.717) is 11.5 Å². The molecule has 2 aliphatic carbocycles. The second-order valence-corrected chi connectivity index (χ2v) is 13.1. The van der Waals surface area contributed by atoms with Gasteiger partial charge in [0.25, 0.3) is 0 Å². The molecule has 4 aliphatic rings. The molecule has 0 aromatic heterocycles. The van der Waals surface area contributed by atoms with Crippen molar-refractivity contribution in [3.63, 3.8) is 0 Å². The van der Waals surface area contributed by atoms with Crippen molar-refractivity contribution in [1.29, 1.82) is 10.5 Å². The summed E-state index contributed by atoms with van der Waals surface area (Å²) in [5, 5.41) is 41.2. The second-order valence-electron chi connectivity index (χ2n) is 13.1. The Kier molecular flexibility index (Phi) is 4.83. The lowest BCUT2D eigenvalue weighted by Gasteiger charge is -2.33. The van der Waals surface area contributed by atoms with Crippen molar-refractivity contribution >= 4 is 0 Å². The van der Waals surface area contributed by atoms with Crippen molar-refractivity contribution in [3.8, 4) is 58.1 Å². The van der Waals surface area contributed by atoms with Crippen LogP contribution in [-0.4, -0.2) is 22.4 Å². The molecule has 0 fully saturated rings. The largest absolute Gasteiger partial charge is 0.504 e. The van der Waals surface area contributed by atoms with Crippen molar-refractivity contribution in [2.45, 2.75) is 82.8 Å². The Morgan fingerprint density at radius 1 is 0.659 bits per heavy atom. The maximum absolute atomic E-state index is 10.5. The van der Waals surface area contributed by atoms with Crippen LogP contribution in [0.1, 0.15) is 87.8 Å². The van der Waals surface area contributed by atoms with Crippen molar-refractivity contribution in [2.24, 2.45) is 0 Å². The summed E-state index contributed by atoms with van der Waals surface area (Å²) in [5.41, 5.74) is 3.44. The Balaban J connectivity index is 1.44. The van der Waals surface area contributed by atoms with E-state index in [1.54, 1.807) is 12.1 Å². The summed E-state index contributed by atoms with van der Waals surface area (Å²) in [5.74, 6) is 1.25. The number of nitrogens with zero attached hydrogens (tertiary/aromatic N) is 2. The number of phenols is 2. The predicted molar refractivity (Wildman–Crippen MR) is 148 cm³/mol. The molecule has 3 aromatic carbocycles. The molecule has 0 saturated heterocycles. The molecule has 3 atom stereocenters. The first-order valence-corrected chi connectivity index (χ1v) is 13.8. The first-order valence-electron chi connectivity index (χ1n) is 13.8. The number of benzene rings is 3. The highest BCUT2D eigenvalue weighted by Crippen LogP contribution is 2.66. The third-order valence-corrected chi connectivity index (χ3v) is 9.41. The molecule has 0 amide bonds. The summed E-state index contributed by atoms with van der Waals surface area (Å²) < 4.78 is 24.9. The highest BCUT2D eigenvalue weighted by atomic mass is 16.6. The number of hydrogen-bond donors (Lipinski definition) is 2. The van der Waals surface area contributed by atoms with Gasteiger partial charge < -0.3 is 29.2 Å². The number of fused-ring (bicyclic) bond motifs is 7. The van der Waals surface area contributed by atoms with Crippen LogP contribution in [0.15, 0.2) is 24.3 Å². The van der Waals surface area contributed by atoms with E-state index in [4.69, 9.17) is 18.9 Å². The van der Waals surface area contributed by atoms with Gasteiger partial charge in [0.1, 0.15) is 35.5 Å². The molecular formula is C33H30N2O6. The van der Waals surface area contributed by atoms with Gasteiger partial charge in [-0.05, 0) is 84.0 Å². The third kappa shape index (κ3) is 3.19. The second kappa shape index (κ2) is 7.79. The lowest BCUT2D eigenvalue weighted by molar-refractivity contribution is 0.0417. The lowest BCUT2D eigenvalue weighted by Crippen LogP contribution is -2.35. The number of rotatable bonds is 0. The van der Waals surface area contributed by atoms with Gasteiger partial charge >= 0.3 is 0 Å². The molecule has 41 heavy (non-hydrogen) atoms. The van der Waals surface area contributed by atoms with E-state index in [1.807, 2.05) is 26.0 Å². The molecule has 3 unspecified atom stereocenters. The van der Waals surface area contributed by atoms with Crippen molar-refractivity contribution in [2.75, 3.05) is 0 Å². The summed E-state index contributed by atoms with van der Waals surface area (Å²) in [6, 6.07) is 11.7. The van der Waals surface area contributed by atoms with Gasteiger partial charge in [0.05, 0.1) is 0 Å². The van der Waals surface area contributed by atoms with E-state index in [-0.39, 0.29) is 68.7 Å². The van der Waals surface area contributed by atoms with Gasteiger partial charge in [-0.2, -0.15) is 10.5 Å². The first-order chi connectivity index (χ1) is 19.3. The average Bonchev–Trinajstić information content (AvgIpc) is 3.25. The lowest BCUT2D eigenvalue weighted by atomic mass is 9.72. The minimum absolute atomic E-state index is 0.113. The number of hydrogen-bond acceptors (Lipinski definition) is 8.